The molecular weight excluding hydrogens is 266 g/mol. The molecule has 104 valence electrons. The van der Waals surface area contributed by atoms with E-state index in [0.29, 0.717) is 24.4 Å². The smallest absolute Gasteiger partial charge is 0.261 e. The Kier molecular flexibility index (Phi) is 4.66. The number of carbonyl (C=O) groups excluding carboxylic acids is 1. The zero-order valence-corrected chi connectivity index (χ0v) is 11.6. The SMILES string of the molecule is CC(CCO)CNC(=O)C1Cc2cc(Cl)ccc2O1. The Morgan fingerprint density at radius 3 is 3.16 bits per heavy atom. The molecule has 2 N–H and O–H groups in total. The third kappa shape index (κ3) is 3.61. The van der Waals surface area contributed by atoms with E-state index in [1.807, 2.05) is 13.0 Å². The molecule has 2 unspecified atom stereocenters. The monoisotopic (exact) mass is 283 g/mol. The van der Waals surface area contributed by atoms with Gasteiger partial charge in [0.25, 0.3) is 5.91 Å². The van der Waals surface area contributed by atoms with Gasteiger partial charge in [-0.1, -0.05) is 18.5 Å². The van der Waals surface area contributed by atoms with Crippen molar-refractivity contribution < 1.29 is 14.6 Å². The molecular formula is C14H18ClNO3. The van der Waals surface area contributed by atoms with Gasteiger partial charge in [-0.05, 0) is 36.1 Å². The molecule has 4 nitrogen and oxygen atoms in total. The molecule has 1 aromatic rings. The summed E-state index contributed by atoms with van der Waals surface area (Å²) in [6.45, 7) is 2.68. The maximum atomic E-state index is 12.0. The quantitative estimate of drug-likeness (QED) is 0.866. The average Bonchev–Trinajstić information content (AvgIpc) is 2.79. The fourth-order valence-electron chi connectivity index (χ4n) is 2.07. The van der Waals surface area contributed by atoms with Crippen LogP contribution in [0.3, 0.4) is 0 Å². The molecule has 1 amide bonds. The van der Waals surface area contributed by atoms with Crippen LogP contribution in [0.4, 0.5) is 0 Å². The maximum absolute atomic E-state index is 12.0. The first-order valence-electron chi connectivity index (χ1n) is 6.44. The minimum absolute atomic E-state index is 0.114. The number of fused-ring (bicyclic) bond motifs is 1. The molecule has 0 saturated heterocycles. The second-order valence-electron chi connectivity index (χ2n) is 4.93. The summed E-state index contributed by atoms with van der Waals surface area (Å²) in [7, 11) is 0. The second-order valence-corrected chi connectivity index (χ2v) is 5.36. The summed E-state index contributed by atoms with van der Waals surface area (Å²) in [5.41, 5.74) is 0.969. The highest BCUT2D eigenvalue weighted by Crippen LogP contribution is 2.31. The van der Waals surface area contributed by atoms with Crippen LogP contribution in [0.15, 0.2) is 18.2 Å². The standard InChI is InChI=1S/C14H18ClNO3/c1-9(4-5-17)8-16-14(18)13-7-10-6-11(15)2-3-12(10)19-13/h2-3,6,9,13,17H,4-5,7-8H2,1H3,(H,16,18). The number of hydrogen-bond acceptors (Lipinski definition) is 3. The van der Waals surface area contributed by atoms with Gasteiger partial charge in [0.1, 0.15) is 5.75 Å². The van der Waals surface area contributed by atoms with Crippen LogP contribution in [0.5, 0.6) is 5.75 Å². The minimum atomic E-state index is -0.477. The van der Waals surface area contributed by atoms with Gasteiger partial charge in [-0.25, -0.2) is 0 Å². The number of benzene rings is 1. The lowest BCUT2D eigenvalue weighted by Gasteiger charge is -2.14. The Balaban J connectivity index is 1.86. The van der Waals surface area contributed by atoms with Crippen molar-refractivity contribution in [3.63, 3.8) is 0 Å². The molecule has 1 aliphatic heterocycles. The van der Waals surface area contributed by atoms with E-state index in [0.717, 1.165) is 11.3 Å². The fourth-order valence-corrected chi connectivity index (χ4v) is 2.27. The summed E-state index contributed by atoms with van der Waals surface area (Å²) in [5, 5.41) is 12.3. The molecule has 1 aromatic carbocycles. The van der Waals surface area contributed by atoms with E-state index in [-0.39, 0.29) is 18.4 Å². The largest absolute Gasteiger partial charge is 0.480 e. The highest BCUT2D eigenvalue weighted by Gasteiger charge is 2.29. The van der Waals surface area contributed by atoms with Crippen LogP contribution in [-0.4, -0.2) is 30.3 Å². The van der Waals surface area contributed by atoms with E-state index in [2.05, 4.69) is 5.32 Å². The van der Waals surface area contributed by atoms with Gasteiger partial charge < -0.3 is 15.2 Å². The van der Waals surface area contributed by atoms with Gasteiger partial charge in [0.05, 0.1) is 0 Å². The van der Waals surface area contributed by atoms with Crippen LogP contribution >= 0.6 is 11.6 Å². The molecule has 2 atom stereocenters. The summed E-state index contributed by atoms with van der Waals surface area (Å²) in [6, 6.07) is 5.38. The number of nitrogens with one attached hydrogen (secondary N) is 1. The van der Waals surface area contributed by atoms with Gasteiger partial charge in [-0.2, -0.15) is 0 Å². The highest BCUT2D eigenvalue weighted by atomic mass is 35.5. The van der Waals surface area contributed by atoms with E-state index in [1.165, 1.54) is 0 Å². The number of aliphatic hydroxyl groups is 1. The summed E-state index contributed by atoms with van der Waals surface area (Å²) < 4.78 is 5.60. The fraction of sp³-hybridized carbons (Fsp3) is 0.500. The Labute approximate surface area is 117 Å². The zero-order chi connectivity index (χ0) is 13.8. The molecule has 0 spiro atoms. The topological polar surface area (TPSA) is 58.6 Å². The van der Waals surface area contributed by atoms with Gasteiger partial charge in [0.15, 0.2) is 6.10 Å². The van der Waals surface area contributed by atoms with E-state index in [1.54, 1.807) is 12.1 Å². The van der Waals surface area contributed by atoms with Crippen molar-refractivity contribution in [2.24, 2.45) is 5.92 Å². The van der Waals surface area contributed by atoms with Crippen molar-refractivity contribution in [3.05, 3.63) is 28.8 Å². The lowest BCUT2D eigenvalue weighted by Crippen LogP contribution is -2.39. The van der Waals surface area contributed by atoms with Gasteiger partial charge in [-0.3, -0.25) is 4.79 Å². The molecule has 0 radical (unpaired) electrons. The molecule has 0 fully saturated rings. The van der Waals surface area contributed by atoms with Crippen molar-refractivity contribution in [1.82, 2.24) is 5.32 Å². The first-order valence-corrected chi connectivity index (χ1v) is 6.81. The molecule has 0 aliphatic carbocycles. The first-order chi connectivity index (χ1) is 9.10. The molecule has 2 rings (SSSR count). The maximum Gasteiger partial charge on any atom is 0.261 e. The van der Waals surface area contributed by atoms with Crippen LogP contribution in [-0.2, 0) is 11.2 Å². The van der Waals surface area contributed by atoms with Crippen molar-refractivity contribution in [1.29, 1.82) is 0 Å². The van der Waals surface area contributed by atoms with Crippen molar-refractivity contribution in [3.8, 4) is 5.75 Å². The van der Waals surface area contributed by atoms with E-state index >= 15 is 0 Å². The lowest BCUT2D eigenvalue weighted by atomic mass is 10.1. The molecule has 5 heteroatoms. The first kappa shape index (κ1) is 14.2. The van der Waals surface area contributed by atoms with Gasteiger partial charge in [-0.15, -0.1) is 0 Å². The molecule has 19 heavy (non-hydrogen) atoms. The predicted molar refractivity (Wildman–Crippen MR) is 73.4 cm³/mol. The summed E-state index contributed by atoms with van der Waals surface area (Å²) in [4.78, 5) is 12.0. The lowest BCUT2D eigenvalue weighted by molar-refractivity contribution is -0.127. The number of halogens is 1. The van der Waals surface area contributed by atoms with E-state index < -0.39 is 6.10 Å². The molecule has 1 heterocycles. The highest BCUT2D eigenvalue weighted by molar-refractivity contribution is 6.30. The number of aliphatic hydroxyl groups excluding tert-OH is 1. The Morgan fingerprint density at radius 2 is 2.42 bits per heavy atom. The Hall–Kier alpha value is -1.26. The van der Waals surface area contributed by atoms with Crippen LogP contribution in [0, 0.1) is 5.92 Å². The third-order valence-corrected chi connectivity index (χ3v) is 3.47. The minimum Gasteiger partial charge on any atom is -0.480 e. The Bertz CT molecular complexity index is 464. The predicted octanol–water partition coefficient (Wildman–Crippen LogP) is 1.78. The number of ether oxygens (including phenoxy) is 1. The number of carbonyl (C=O) groups is 1. The van der Waals surface area contributed by atoms with E-state index in [9.17, 15) is 4.79 Å². The van der Waals surface area contributed by atoms with Crippen molar-refractivity contribution in [2.75, 3.05) is 13.2 Å². The number of rotatable bonds is 5. The summed E-state index contributed by atoms with van der Waals surface area (Å²) >= 11 is 5.91. The normalized spacial score (nSPS) is 18.6. The molecule has 1 aliphatic rings. The summed E-state index contributed by atoms with van der Waals surface area (Å²) in [6.07, 6.45) is 0.757. The zero-order valence-electron chi connectivity index (χ0n) is 10.9. The second kappa shape index (κ2) is 6.26. The third-order valence-electron chi connectivity index (χ3n) is 3.24. The van der Waals surface area contributed by atoms with Crippen molar-refractivity contribution in [2.45, 2.75) is 25.9 Å². The summed E-state index contributed by atoms with van der Waals surface area (Å²) in [5.74, 6) is 0.872. The van der Waals surface area contributed by atoms with Gasteiger partial charge in [0, 0.05) is 24.6 Å². The van der Waals surface area contributed by atoms with Crippen LogP contribution < -0.4 is 10.1 Å². The van der Waals surface area contributed by atoms with E-state index in [4.69, 9.17) is 21.4 Å². The Morgan fingerprint density at radius 1 is 1.63 bits per heavy atom. The van der Waals surface area contributed by atoms with Gasteiger partial charge >= 0.3 is 0 Å². The van der Waals surface area contributed by atoms with Crippen LogP contribution in [0.1, 0.15) is 18.9 Å². The van der Waals surface area contributed by atoms with Crippen molar-refractivity contribution >= 4 is 17.5 Å². The molecule has 0 bridgehead atoms. The van der Waals surface area contributed by atoms with Crippen LogP contribution in [0.2, 0.25) is 5.02 Å². The molecule has 0 saturated carbocycles. The number of amides is 1. The molecule has 0 aromatic heterocycles. The van der Waals surface area contributed by atoms with Gasteiger partial charge in [0.2, 0.25) is 0 Å². The number of hydrogen-bond donors (Lipinski definition) is 2. The van der Waals surface area contributed by atoms with Crippen LogP contribution in [0.25, 0.3) is 0 Å². The average molecular weight is 284 g/mol.